The first-order chi connectivity index (χ1) is 21.7. The van der Waals surface area contributed by atoms with Crippen LogP contribution < -0.4 is 10.0 Å². The minimum atomic E-state index is -4.41. The zero-order valence-corrected chi connectivity index (χ0v) is 29.7. The largest absolute Gasteiger partial charge is 0.465 e. The summed E-state index contributed by atoms with van der Waals surface area (Å²) < 4.78 is 28.6. The number of aromatic nitrogens is 4. The highest BCUT2D eigenvalue weighted by Gasteiger charge is 2.41. The van der Waals surface area contributed by atoms with Crippen LogP contribution in [0.15, 0.2) is 47.8 Å². The van der Waals surface area contributed by atoms with Crippen LogP contribution in [0.3, 0.4) is 0 Å². The van der Waals surface area contributed by atoms with Gasteiger partial charge < -0.3 is 15.3 Å². The first-order valence-corrected chi connectivity index (χ1v) is 17.3. The molecule has 1 fully saturated rings. The molecular weight excluding hydrogens is 642 g/mol. The molecule has 2 amide bonds. The molecule has 1 aliphatic rings. The number of carbonyl (C=O) groups is 2. The summed E-state index contributed by atoms with van der Waals surface area (Å²) in [7, 11) is -4.41. The maximum atomic E-state index is 13.3. The van der Waals surface area contributed by atoms with E-state index in [-0.39, 0.29) is 38.9 Å². The van der Waals surface area contributed by atoms with Crippen LogP contribution in [-0.4, -0.2) is 62.4 Å². The van der Waals surface area contributed by atoms with Crippen molar-refractivity contribution in [1.82, 2.24) is 29.6 Å². The van der Waals surface area contributed by atoms with Crippen molar-refractivity contribution in [2.75, 3.05) is 11.9 Å². The molecule has 1 unspecified atom stereocenters. The van der Waals surface area contributed by atoms with E-state index in [0.29, 0.717) is 25.2 Å². The van der Waals surface area contributed by atoms with Gasteiger partial charge in [-0.05, 0) is 74.3 Å². The predicted octanol–water partition coefficient (Wildman–Crippen LogP) is 6.35. The summed E-state index contributed by atoms with van der Waals surface area (Å²) in [4.78, 5) is 43.6. The number of halogens is 1. The lowest BCUT2D eigenvalue weighted by molar-refractivity contribution is 0.0980. The molecule has 4 heterocycles. The lowest BCUT2D eigenvalue weighted by Crippen LogP contribution is -2.41. The Balaban J connectivity index is 1.58. The normalized spacial score (nSPS) is 17.3. The minimum absolute atomic E-state index is 0.134. The van der Waals surface area contributed by atoms with Gasteiger partial charge in [0.1, 0.15) is 16.8 Å². The molecule has 3 N–H and O–H groups in total. The highest BCUT2D eigenvalue weighted by molar-refractivity contribution is 7.90. The van der Waals surface area contributed by atoms with Crippen molar-refractivity contribution in [3.05, 3.63) is 70.5 Å². The average Bonchev–Trinajstić information content (AvgIpc) is 3.28. The van der Waals surface area contributed by atoms with Crippen molar-refractivity contribution in [3.8, 4) is 0 Å². The van der Waals surface area contributed by atoms with Gasteiger partial charge in [0.2, 0.25) is 0 Å². The minimum Gasteiger partial charge on any atom is -0.465 e. The van der Waals surface area contributed by atoms with E-state index in [2.05, 4.69) is 46.0 Å². The number of amides is 2. The number of carboxylic acid groups (broad SMARTS) is 1. The van der Waals surface area contributed by atoms with Gasteiger partial charge in [0, 0.05) is 29.9 Å². The molecule has 2 atom stereocenters. The molecule has 4 rings (SSSR count). The number of hydrogen-bond acceptors (Lipinski definition) is 9. The van der Waals surface area contributed by atoms with E-state index in [4.69, 9.17) is 11.6 Å². The maximum absolute atomic E-state index is 13.3. The highest BCUT2D eigenvalue weighted by Crippen LogP contribution is 2.37. The van der Waals surface area contributed by atoms with Crippen molar-refractivity contribution >= 4 is 39.4 Å². The summed E-state index contributed by atoms with van der Waals surface area (Å²) in [6.45, 7) is 16.3. The van der Waals surface area contributed by atoms with Crippen LogP contribution >= 0.6 is 11.6 Å². The third-order valence-corrected chi connectivity index (χ3v) is 9.78. The number of anilines is 1. The number of pyridine rings is 2. The Bertz CT molecular complexity index is 1750. The van der Waals surface area contributed by atoms with Crippen LogP contribution in [0.25, 0.3) is 0 Å². The summed E-state index contributed by atoms with van der Waals surface area (Å²) in [5.41, 5.74) is 0.629. The van der Waals surface area contributed by atoms with Crippen molar-refractivity contribution in [1.29, 1.82) is 0 Å². The summed E-state index contributed by atoms with van der Waals surface area (Å²) in [6.07, 6.45) is 4.04. The average molecular weight is 686 g/mol. The molecular formula is C33H44ClN7O5S. The second-order valence-electron chi connectivity index (χ2n) is 14.7. The zero-order chi connectivity index (χ0) is 34.9. The lowest BCUT2D eigenvalue weighted by atomic mass is 9.86. The molecule has 1 aliphatic heterocycles. The van der Waals surface area contributed by atoms with Crippen LogP contribution in [-0.2, 0) is 20.9 Å². The summed E-state index contributed by atoms with van der Waals surface area (Å²) in [5, 5.41) is 12.5. The van der Waals surface area contributed by atoms with E-state index in [1.165, 1.54) is 23.2 Å². The molecule has 0 bridgehead atoms. The molecule has 0 spiro atoms. The summed E-state index contributed by atoms with van der Waals surface area (Å²) >= 11 is 6.23. The smallest absolute Gasteiger partial charge is 0.407 e. The Labute approximate surface area is 281 Å². The molecule has 0 radical (unpaired) electrons. The molecule has 14 heteroatoms. The van der Waals surface area contributed by atoms with Gasteiger partial charge in [0.05, 0.1) is 17.3 Å². The van der Waals surface area contributed by atoms with Crippen LogP contribution in [0.4, 0.5) is 10.6 Å². The number of sulfonamides is 1. The molecule has 0 aromatic carbocycles. The van der Waals surface area contributed by atoms with Crippen LogP contribution in [0.1, 0.15) is 108 Å². The number of rotatable bonds is 9. The van der Waals surface area contributed by atoms with E-state index in [1.807, 2.05) is 51.5 Å². The highest BCUT2D eigenvalue weighted by atomic mass is 35.5. The number of hydrogen-bond donors (Lipinski definition) is 3. The SMILES string of the molecule is CC(C)(C)c1ccnc(C(CC[C@@H]2CN(C(=O)O)C(C)(C)C2)Nc2cccc(S(=O)(=O)NC(=O)c3cnc(C(C)(C)C)nc3Cl)n2)c1. The second-order valence-corrected chi connectivity index (χ2v) is 16.7. The maximum Gasteiger partial charge on any atom is 0.407 e. The van der Waals surface area contributed by atoms with E-state index >= 15 is 0 Å². The molecule has 254 valence electrons. The number of nitrogens with one attached hydrogen (secondary N) is 2. The molecule has 3 aromatic heterocycles. The molecule has 3 aromatic rings. The molecule has 47 heavy (non-hydrogen) atoms. The second kappa shape index (κ2) is 13.3. The van der Waals surface area contributed by atoms with Gasteiger partial charge in [-0.15, -0.1) is 0 Å². The monoisotopic (exact) mass is 685 g/mol. The Morgan fingerprint density at radius 2 is 1.79 bits per heavy atom. The van der Waals surface area contributed by atoms with Crippen molar-refractivity contribution in [2.24, 2.45) is 5.92 Å². The van der Waals surface area contributed by atoms with E-state index in [9.17, 15) is 23.1 Å². The number of nitrogens with zero attached hydrogens (tertiary/aromatic N) is 5. The third kappa shape index (κ3) is 8.75. The topological polar surface area (TPSA) is 167 Å². The Hall–Kier alpha value is -3.84. The van der Waals surface area contributed by atoms with Crippen LogP contribution in [0.2, 0.25) is 5.15 Å². The quantitative estimate of drug-likeness (QED) is 0.216. The molecule has 0 aliphatic carbocycles. The van der Waals surface area contributed by atoms with Gasteiger partial charge in [-0.2, -0.15) is 8.42 Å². The lowest BCUT2D eigenvalue weighted by Gasteiger charge is -2.28. The zero-order valence-electron chi connectivity index (χ0n) is 28.1. The fraction of sp³-hybridized carbons (Fsp3) is 0.515. The molecule has 12 nitrogen and oxygen atoms in total. The Kier molecular flexibility index (Phi) is 10.2. The van der Waals surface area contributed by atoms with Gasteiger partial charge in [-0.3, -0.25) is 9.78 Å². The Morgan fingerprint density at radius 1 is 1.09 bits per heavy atom. The standard InChI is InChI=1S/C33H44ClN7O5S/c1-31(2,3)21-14-15-35-24(16-21)23(13-12-20-17-33(7,8)41(19-20)30(43)44)37-25-10-9-11-26(38-25)47(45,46)40-28(42)22-18-36-29(32(4,5)6)39-27(22)34/h9-11,14-16,18,20,23H,12-13,17,19H2,1-8H3,(H,37,38)(H,40,42)(H,43,44)/t20-,23?/m0/s1. The van der Waals surface area contributed by atoms with Crippen molar-refractivity contribution in [3.63, 3.8) is 0 Å². The molecule has 0 saturated carbocycles. The fourth-order valence-corrected chi connectivity index (χ4v) is 6.80. The summed E-state index contributed by atoms with van der Waals surface area (Å²) in [5.74, 6) is -0.163. The van der Waals surface area contributed by atoms with E-state index in [1.54, 1.807) is 12.3 Å². The number of carbonyl (C=O) groups excluding carboxylic acids is 1. The number of likely N-dealkylation sites (tertiary alicyclic amines) is 1. The first-order valence-electron chi connectivity index (χ1n) is 15.5. The van der Waals surface area contributed by atoms with Gasteiger partial charge in [0.15, 0.2) is 5.03 Å². The first kappa shape index (κ1) is 36.0. The van der Waals surface area contributed by atoms with Crippen LogP contribution in [0, 0.1) is 5.92 Å². The van der Waals surface area contributed by atoms with Gasteiger partial charge in [0.25, 0.3) is 15.9 Å². The van der Waals surface area contributed by atoms with E-state index < -0.39 is 33.0 Å². The van der Waals surface area contributed by atoms with Crippen LogP contribution in [0.5, 0.6) is 0 Å². The van der Waals surface area contributed by atoms with Gasteiger partial charge >= 0.3 is 6.09 Å². The molecule has 1 saturated heterocycles. The Morgan fingerprint density at radius 3 is 2.38 bits per heavy atom. The fourth-order valence-electron chi connectivity index (χ4n) is 5.65. The summed E-state index contributed by atoms with van der Waals surface area (Å²) in [6, 6.07) is 8.09. The van der Waals surface area contributed by atoms with Crippen molar-refractivity contribution < 1.29 is 23.1 Å². The van der Waals surface area contributed by atoms with Gasteiger partial charge in [-0.1, -0.05) is 59.2 Å². The van der Waals surface area contributed by atoms with E-state index in [0.717, 1.165) is 17.7 Å². The predicted molar refractivity (Wildman–Crippen MR) is 180 cm³/mol. The van der Waals surface area contributed by atoms with Crippen molar-refractivity contribution in [2.45, 2.75) is 102 Å². The third-order valence-electron chi connectivity index (χ3n) is 8.26. The van der Waals surface area contributed by atoms with Gasteiger partial charge in [-0.25, -0.2) is 24.5 Å².